The summed E-state index contributed by atoms with van der Waals surface area (Å²) in [5.74, 6) is 1.49. The van der Waals surface area contributed by atoms with Gasteiger partial charge in [0.05, 0.1) is 32.0 Å². The minimum Gasteiger partial charge on any atom is -0.497 e. The topological polar surface area (TPSA) is 65.9 Å². The fraction of sp³-hybridized carbons (Fsp3) is 0.174. The summed E-state index contributed by atoms with van der Waals surface area (Å²) >= 11 is 1.52. The van der Waals surface area contributed by atoms with Crippen molar-refractivity contribution in [2.45, 2.75) is 6.92 Å². The molecule has 4 aromatic rings. The van der Waals surface area contributed by atoms with E-state index in [0.717, 1.165) is 44.5 Å². The summed E-state index contributed by atoms with van der Waals surface area (Å²) in [5.41, 5.74) is 4.71. The second kappa shape index (κ2) is 9.01. The quantitative estimate of drug-likeness (QED) is 0.428. The Kier molecular flexibility index (Phi) is 5.99. The van der Waals surface area contributed by atoms with Gasteiger partial charge >= 0.3 is 0 Å². The van der Waals surface area contributed by atoms with Gasteiger partial charge in [-0.2, -0.15) is 5.10 Å². The monoisotopic (exact) mass is 433 g/mol. The number of benzene rings is 2. The van der Waals surface area contributed by atoms with Crippen molar-refractivity contribution in [3.8, 4) is 28.4 Å². The van der Waals surface area contributed by atoms with E-state index in [-0.39, 0.29) is 0 Å². The molecule has 0 aliphatic rings. The molecule has 0 N–H and O–H groups in total. The average molecular weight is 434 g/mol. The van der Waals surface area contributed by atoms with Crippen molar-refractivity contribution in [3.05, 3.63) is 76.9 Å². The second-order valence-electron chi connectivity index (χ2n) is 6.71. The van der Waals surface area contributed by atoms with Crippen molar-refractivity contribution in [2.24, 2.45) is 10.1 Å². The Morgan fingerprint density at radius 3 is 2.52 bits per heavy atom. The molecular formula is C23H23N5O2S. The molecule has 8 heteroatoms. The van der Waals surface area contributed by atoms with Gasteiger partial charge in [-0.05, 0) is 42.8 Å². The number of imidazole rings is 1. The van der Waals surface area contributed by atoms with Crippen molar-refractivity contribution < 1.29 is 9.47 Å². The number of rotatable bonds is 6. The van der Waals surface area contributed by atoms with Gasteiger partial charge in [0, 0.05) is 36.1 Å². The van der Waals surface area contributed by atoms with Crippen LogP contribution in [0.1, 0.15) is 12.5 Å². The van der Waals surface area contributed by atoms with Crippen molar-refractivity contribution in [3.63, 3.8) is 0 Å². The van der Waals surface area contributed by atoms with Gasteiger partial charge in [0.25, 0.3) is 0 Å². The summed E-state index contributed by atoms with van der Waals surface area (Å²) in [7, 11) is 5.07. The summed E-state index contributed by atoms with van der Waals surface area (Å²) in [6, 6.07) is 13.9. The highest BCUT2D eigenvalue weighted by molar-refractivity contribution is 7.07. The number of thiazole rings is 1. The van der Waals surface area contributed by atoms with E-state index in [2.05, 4.69) is 22.1 Å². The van der Waals surface area contributed by atoms with E-state index in [1.54, 1.807) is 33.8 Å². The van der Waals surface area contributed by atoms with Crippen LogP contribution in [0.15, 0.2) is 76.7 Å². The largest absolute Gasteiger partial charge is 0.497 e. The first kappa shape index (κ1) is 20.6. The smallest absolute Gasteiger partial charge is 0.205 e. The van der Waals surface area contributed by atoms with Crippen molar-refractivity contribution >= 4 is 17.0 Å². The Balaban J connectivity index is 1.77. The van der Waals surface area contributed by atoms with E-state index in [1.165, 1.54) is 11.3 Å². The molecule has 31 heavy (non-hydrogen) atoms. The molecule has 7 nitrogen and oxygen atoms in total. The third-order valence-corrected chi connectivity index (χ3v) is 5.80. The summed E-state index contributed by atoms with van der Waals surface area (Å²) in [6.45, 7) is 1.99. The standard InChI is InChI=1S/C23H23N5O2S/c1-16(17-5-7-18(8-6-17)27-12-11-25-15-27)26-28-21(14-31-23(28)24-2)20-13-19(29-3)9-10-22(20)30-4/h5-15H,1-4H3. The number of aromatic nitrogens is 3. The Morgan fingerprint density at radius 1 is 1.06 bits per heavy atom. The van der Waals surface area contributed by atoms with Crippen LogP contribution in [-0.4, -0.2) is 41.2 Å². The normalized spacial score (nSPS) is 12.3. The van der Waals surface area contributed by atoms with E-state index in [1.807, 2.05) is 58.1 Å². The summed E-state index contributed by atoms with van der Waals surface area (Å²) in [5, 5.41) is 6.92. The highest BCUT2D eigenvalue weighted by Gasteiger charge is 2.14. The zero-order valence-electron chi connectivity index (χ0n) is 17.8. The Labute approximate surface area is 184 Å². The first-order valence-corrected chi connectivity index (χ1v) is 10.5. The highest BCUT2D eigenvalue weighted by Crippen LogP contribution is 2.33. The number of ether oxygens (including phenoxy) is 2. The molecule has 0 unspecified atom stereocenters. The maximum Gasteiger partial charge on any atom is 0.205 e. The molecule has 4 rings (SSSR count). The van der Waals surface area contributed by atoms with Crippen LogP contribution in [-0.2, 0) is 0 Å². The maximum atomic E-state index is 5.58. The first-order valence-electron chi connectivity index (χ1n) is 9.64. The molecule has 2 heterocycles. The van der Waals surface area contributed by atoms with E-state index in [4.69, 9.17) is 14.6 Å². The minimum absolute atomic E-state index is 0.743. The molecule has 0 bridgehead atoms. The molecule has 0 saturated heterocycles. The van der Waals surface area contributed by atoms with Crippen molar-refractivity contribution in [1.82, 2.24) is 14.2 Å². The zero-order valence-corrected chi connectivity index (χ0v) is 18.6. The van der Waals surface area contributed by atoms with Gasteiger partial charge in [0.1, 0.15) is 11.5 Å². The molecule has 0 saturated carbocycles. The van der Waals surface area contributed by atoms with Gasteiger partial charge in [-0.15, -0.1) is 11.3 Å². The van der Waals surface area contributed by atoms with Crippen LogP contribution in [0, 0.1) is 0 Å². The summed E-state index contributed by atoms with van der Waals surface area (Å²) in [4.78, 5) is 9.29. The van der Waals surface area contributed by atoms with Crippen molar-refractivity contribution in [1.29, 1.82) is 0 Å². The van der Waals surface area contributed by atoms with Gasteiger partial charge in [0.15, 0.2) is 0 Å². The lowest BCUT2D eigenvalue weighted by Crippen LogP contribution is -2.14. The molecule has 0 fully saturated rings. The zero-order chi connectivity index (χ0) is 21.8. The molecule has 2 aromatic carbocycles. The lowest BCUT2D eigenvalue weighted by Gasteiger charge is -2.12. The van der Waals surface area contributed by atoms with Gasteiger partial charge < -0.3 is 14.0 Å². The number of hydrogen-bond acceptors (Lipinski definition) is 6. The van der Waals surface area contributed by atoms with E-state index < -0.39 is 0 Å². The van der Waals surface area contributed by atoms with E-state index >= 15 is 0 Å². The minimum atomic E-state index is 0.743. The third kappa shape index (κ3) is 4.15. The fourth-order valence-corrected chi connectivity index (χ4v) is 4.03. The van der Waals surface area contributed by atoms with Crippen LogP contribution < -0.4 is 14.3 Å². The van der Waals surface area contributed by atoms with Crippen LogP contribution >= 0.6 is 11.3 Å². The van der Waals surface area contributed by atoms with E-state index in [9.17, 15) is 0 Å². The van der Waals surface area contributed by atoms with Gasteiger partial charge in [0.2, 0.25) is 4.80 Å². The van der Waals surface area contributed by atoms with Gasteiger partial charge in [-0.3, -0.25) is 4.99 Å². The van der Waals surface area contributed by atoms with Gasteiger partial charge in [-0.25, -0.2) is 9.66 Å². The van der Waals surface area contributed by atoms with Crippen LogP contribution in [0.25, 0.3) is 16.9 Å². The number of hydrogen-bond donors (Lipinski definition) is 0. The van der Waals surface area contributed by atoms with Crippen LogP contribution in [0.3, 0.4) is 0 Å². The third-order valence-electron chi connectivity index (χ3n) is 4.90. The predicted octanol–water partition coefficient (Wildman–Crippen LogP) is 4.22. The van der Waals surface area contributed by atoms with Crippen LogP contribution in [0.5, 0.6) is 11.5 Å². The Bertz CT molecular complexity index is 1270. The van der Waals surface area contributed by atoms with Gasteiger partial charge in [-0.1, -0.05) is 12.1 Å². The molecule has 0 aliphatic carbocycles. The highest BCUT2D eigenvalue weighted by atomic mass is 32.1. The number of nitrogens with zero attached hydrogens (tertiary/aromatic N) is 5. The van der Waals surface area contributed by atoms with Crippen molar-refractivity contribution in [2.75, 3.05) is 21.3 Å². The van der Waals surface area contributed by atoms with Crippen LogP contribution in [0.2, 0.25) is 0 Å². The summed E-state index contributed by atoms with van der Waals surface area (Å²) < 4.78 is 14.8. The Hall–Kier alpha value is -3.65. The second-order valence-corrected chi connectivity index (χ2v) is 7.54. The molecular weight excluding hydrogens is 410 g/mol. The SMILES string of the molecule is CN=c1scc(-c2cc(OC)ccc2OC)n1N=C(C)c1ccc(-n2ccnc2)cc1. The first-order chi connectivity index (χ1) is 15.1. The predicted molar refractivity (Wildman–Crippen MR) is 124 cm³/mol. The average Bonchev–Trinajstić information content (AvgIpc) is 3.49. The lowest BCUT2D eigenvalue weighted by atomic mass is 10.1. The van der Waals surface area contributed by atoms with Crippen LogP contribution in [0.4, 0.5) is 0 Å². The lowest BCUT2D eigenvalue weighted by molar-refractivity contribution is 0.404. The molecule has 158 valence electrons. The molecule has 0 aliphatic heterocycles. The van der Waals surface area contributed by atoms with E-state index in [0.29, 0.717) is 0 Å². The molecule has 0 amide bonds. The summed E-state index contributed by atoms with van der Waals surface area (Å²) in [6.07, 6.45) is 5.46. The number of methoxy groups -OCH3 is 2. The Morgan fingerprint density at radius 2 is 1.87 bits per heavy atom. The molecule has 0 atom stereocenters. The molecule has 0 radical (unpaired) electrons. The molecule has 0 spiro atoms. The fourth-order valence-electron chi connectivity index (χ4n) is 3.24. The molecule has 2 aromatic heterocycles. The maximum absolute atomic E-state index is 5.58.